The molecule has 0 bridgehead atoms. The maximum absolute atomic E-state index is 13.7. The number of hydrogen-bond donors (Lipinski definition) is 2. The fourth-order valence-corrected chi connectivity index (χ4v) is 6.77. The van der Waals surface area contributed by atoms with Crippen LogP contribution in [0, 0.1) is 22.6 Å². The highest BCUT2D eigenvalue weighted by Gasteiger charge is 2.45. The minimum Gasteiger partial charge on any atom is -0.497 e. The summed E-state index contributed by atoms with van der Waals surface area (Å²) < 4.78 is 19.4. The number of halogens is 1. The van der Waals surface area contributed by atoms with Crippen molar-refractivity contribution < 1.29 is 18.7 Å². The molecular weight excluding hydrogens is 563 g/mol. The topological polar surface area (TPSA) is 134 Å². The standard InChI is InChI=1S/C29H27FN6O3S2/c1-29(2)12-21-25(22(37)13-29)24(16-7-9-17(30)10-8-16)20(14-31)26(32)36(21)27-34-35-28(41-27)40-15-23(38)33-18-5-4-6-19(11-18)39-3/h4-11,24H,12-13,15,32H2,1-3H3,(H,33,38). The van der Waals surface area contributed by atoms with Gasteiger partial charge in [-0.1, -0.05) is 55.1 Å². The molecule has 12 heteroatoms. The Hall–Kier alpha value is -4.21. The van der Waals surface area contributed by atoms with Gasteiger partial charge in [0.1, 0.15) is 17.4 Å². The van der Waals surface area contributed by atoms with Gasteiger partial charge in [0, 0.05) is 29.4 Å². The number of aromatic nitrogens is 2. The second kappa shape index (κ2) is 11.3. The molecule has 1 unspecified atom stereocenters. The molecule has 1 aliphatic heterocycles. The minimum atomic E-state index is -0.711. The molecule has 1 aromatic heterocycles. The number of nitrogens with zero attached hydrogens (tertiary/aromatic N) is 4. The van der Waals surface area contributed by atoms with Crippen molar-refractivity contribution in [2.24, 2.45) is 11.1 Å². The SMILES string of the molecule is COc1cccc(NC(=O)CSc2nnc(N3C(N)=C(C#N)C(c4ccc(F)cc4)C4=C3CC(C)(C)CC4=O)s2)c1. The van der Waals surface area contributed by atoms with Crippen molar-refractivity contribution in [3.05, 3.63) is 82.6 Å². The van der Waals surface area contributed by atoms with Gasteiger partial charge in [-0.15, -0.1) is 10.2 Å². The Morgan fingerprint density at radius 1 is 1.27 bits per heavy atom. The number of amides is 1. The lowest BCUT2D eigenvalue weighted by atomic mass is 9.69. The smallest absolute Gasteiger partial charge is 0.234 e. The van der Waals surface area contributed by atoms with Gasteiger partial charge in [0.25, 0.3) is 0 Å². The van der Waals surface area contributed by atoms with Gasteiger partial charge < -0.3 is 15.8 Å². The number of Topliss-reactive ketones (excluding diaryl/α,β-unsaturated/α-hetero) is 1. The third-order valence-electron chi connectivity index (χ3n) is 6.85. The van der Waals surface area contributed by atoms with Crippen molar-refractivity contribution in [3.63, 3.8) is 0 Å². The molecular formula is C29H27FN6O3S2. The zero-order chi connectivity index (χ0) is 29.3. The first-order valence-corrected chi connectivity index (χ1v) is 14.5. The van der Waals surface area contributed by atoms with Gasteiger partial charge in [-0.3, -0.25) is 14.5 Å². The van der Waals surface area contributed by atoms with Crippen molar-refractivity contribution >= 4 is 45.6 Å². The lowest BCUT2D eigenvalue weighted by Gasteiger charge is -2.42. The molecule has 1 amide bonds. The van der Waals surface area contributed by atoms with Crippen LogP contribution in [0.15, 0.2) is 75.5 Å². The molecule has 3 aromatic rings. The molecule has 9 nitrogen and oxygen atoms in total. The number of nitrogens with two attached hydrogens (primary N) is 1. The van der Waals surface area contributed by atoms with Gasteiger partial charge in [-0.25, -0.2) is 4.39 Å². The van der Waals surface area contributed by atoms with Crippen molar-refractivity contribution in [3.8, 4) is 11.8 Å². The molecule has 2 heterocycles. The number of allylic oxidation sites excluding steroid dienone is 3. The summed E-state index contributed by atoms with van der Waals surface area (Å²) in [4.78, 5) is 27.8. The number of methoxy groups -OCH3 is 1. The van der Waals surface area contributed by atoms with Crippen LogP contribution >= 0.6 is 23.1 Å². The second-order valence-corrected chi connectivity index (χ2v) is 12.6. The van der Waals surface area contributed by atoms with Gasteiger partial charge in [-0.2, -0.15) is 5.26 Å². The maximum atomic E-state index is 13.7. The van der Waals surface area contributed by atoms with E-state index in [1.54, 1.807) is 48.4 Å². The van der Waals surface area contributed by atoms with Gasteiger partial charge in [0.15, 0.2) is 10.1 Å². The third-order valence-corrected chi connectivity index (χ3v) is 8.89. The summed E-state index contributed by atoms with van der Waals surface area (Å²) in [7, 11) is 1.56. The molecule has 210 valence electrons. The summed E-state index contributed by atoms with van der Waals surface area (Å²) >= 11 is 2.43. The van der Waals surface area contributed by atoms with Crippen molar-refractivity contribution in [2.45, 2.75) is 36.9 Å². The number of anilines is 2. The van der Waals surface area contributed by atoms with E-state index in [4.69, 9.17) is 10.5 Å². The van der Waals surface area contributed by atoms with E-state index in [1.807, 2.05) is 13.8 Å². The largest absolute Gasteiger partial charge is 0.497 e. The lowest BCUT2D eigenvalue weighted by Crippen LogP contribution is -2.42. The quantitative estimate of drug-likeness (QED) is 0.349. The highest BCUT2D eigenvalue weighted by atomic mass is 32.2. The monoisotopic (exact) mass is 590 g/mol. The summed E-state index contributed by atoms with van der Waals surface area (Å²) in [6.45, 7) is 4.00. The lowest BCUT2D eigenvalue weighted by molar-refractivity contribution is -0.118. The van der Waals surface area contributed by atoms with E-state index in [-0.39, 0.29) is 34.3 Å². The predicted octanol–water partition coefficient (Wildman–Crippen LogP) is 5.36. The third kappa shape index (κ3) is 5.82. The number of nitrogens with one attached hydrogen (secondary N) is 1. The number of rotatable bonds is 7. The zero-order valence-electron chi connectivity index (χ0n) is 22.6. The molecule has 0 radical (unpaired) electrons. The zero-order valence-corrected chi connectivity index (χ0v) is 24.2. The molecule has 41 heavy (non-hydrogen) atoms. The number of ether oxygens (including phenoxy) is 1. The maximum Gasteiger partial charge on any atom is 0.234 e. The Bertz CT molecular complexity index is 1620. The van der Waals surface area contributed by atoms with Gasteiger partial charge in [0.05, 0.1) is 30.4 Å². The average molecular weight is 591 g/mol. The molecule has 1 atom stereocenters. The molecule has 0 spiro atoms. The van der Waals surface area contributed by atoms with E-state index in [0.717, 1.165) is 0 Å². The van der Waals surface area contributed by atoms with Crippen LogP contribution in [0.5, 0.6) is 5.75 Å². The number of ketones is 1. The molecule has 3 N–H and O–H groups in total. The molecule has 2 aliphatic rings. The second-order valence-electron chi connectivity index (χ2n) is 10.5. The summed E-state index contributed by atoms with van der Waals surface area (Å²) in [6.07, 6.45) is 0.811. The number of thioether (sulfide) groups is 1. The summed E-state index contributed by atoms with van der Waals surface area (Å²) in [6, 6.07) is 15.0. The van der Waals surface area contributed by atoms with Gasteiger partial charge >= 0.3 is 0 Å². The fourth-order valence-electron chi connectivity index (χ4n) is 5.09. The Morgan fingerprint density at radius 3 is 2.73 bits per heavy atom. The molecule has 2 aromatic carbocycles. The van der Waals surface area contributed by atoms with E-state index in [9.17, 15) is 19.2 Å². The molecule has 0 saturated heterocycles. The fraction of sp³-hybridized carbons (Fsp3) is 0.276. The normalized spacial score (nSPS) is 18.2. The summed E-state index contributed by atoms with van der Waals surface area (Å²) in [5.74, 6) is -0.574. The van der Waals surface area contributed by atoms with Crippen LogP contribution < -0.4 is 20.7 Å². The summed E-state index contributed by atoms with van der Waals surface area (Å²) in [5, 5.41) is 22.0. The van der Waals surface area contributed by atoms with Crippen LogP contribution in [-0.4, -0.2) is 34.8 Å². The van der Waals surface area contributed by atoms with E-state index < -0.39 is 11.7 Å². The average Bonchev–Trinajstić information content (AvgIpc) is 3.39. The highest BCUT2D eigenvalue weighted by Crippen LogP contribution is 2.50. The predicted molar refractivity (Wildman–Crippen MR) is 156 cm³/mol. The number of carbonyl (C=O) groups excluding carboxylic acids is 2. The van der Waals surface area contributed by atoms with Gasteiger partial charge in [0.2, 0.25) is 11.0 Å². The first-order chi connectivity index (χ1) is 19.6. The number of nitriles is 1. The van der Waals surface area contributed by atoms with Crippen molar-refractivity contribution in [1.82, 2.24) is 10.2 Å². The van der Waals surface area contributed by atoms with E-state index in [0.29, 0.717) is 50.6 Å². The Labute approximate surface area is 244 Å². The Kier molecular flexibility index (Phi) is 7.84. The van der Waals surface area contributed by atoms with E-state index >= 15 is 0 Å². The first kappa shape index (κ1) is 28.3. The van der Waals surface area contributed by atoms with Crippen molar-refractivity contribution in [1.29, 1.82) is 5.26 Å². The number of benzene rings is 2. The Morgan fingerprint density at radius 2 is 2.02 bits per heavy atom. The van der Waals surface area contributed by atoms with Crippen LogP contribution in [0.25, 0.3) is 0 Å². The number of carbonyl (C=O) groups is 2. The van der Waals surface area contributed by atoms with E-state index in [2.05, 4.69) is 21.6 Å². The van der Waals surface area contributed by atoms with E-state index in [1.165, 1.54) is 35.2 Å². The van der Waals surface area contributed by atoms with Crippen LogP contribution in [0.1, 0.15) is 38.2 Å². The molecule has 0 saturated carbocycles. The van der Waals surface area contributed by atoms with Crippen LogP contribution in [-0.2, 0) is 9.59 Å². The number of hydrogen-bond acceptors (Lipinski definition) is 10. The molecule has 1 aliphatic carbocycles. The Balaban J connectivity index is 1.44. The van der Waals surface area contributed by atoms with Crippen LogP contribution in [0.4, 0.5) is 15.2 Å². The van der Waals surface area contributed by atoms with Gasteiger partial charge in [-0.05, 0) is 41.7 Å². The first-order valence-electron chi connectivity index (χ1n) is 12.7. The summed E-state index contributed by atoms with van der Waals surface area (Å²) in [5.41, 5.74) is 8.80. The van der Waals surface area contributed by atoms with Crippen LogP contribution in [0.2, 0.25) is 0 Å². The minimum absolute atomic E-state index is 0.0900. The molecule has 5 rings (SSSR count). The van der Waals surface area contributed by atoms with Crippen molar-refractivity contribution in [2.75, 3.05) is 23.1 Å². The molecule has 0 fully saturated rings. The highest BCUT2D eigenvalue weighted by molar-refractivity contribution is 8.01. The van der Waals surface area contributed by atoms with Crippen LogP contribution in [0.3, 0.4) is 0 Å².